The third-order valence-corrected chi connectivity index (χ3v) is 11.4. The number of nitriles is 1. The molecule has 0 spiro atoms. The molecule has 0 aromatic carbocycles. The van der Waals surface area contributed by atoms with Gasteiger partial charge in [0.15, 0.2) is 0 Å². The van der Waals surface area contributed by atoms with E-state index in [9.17, 15) is 15.5 Å². The summed E-state index contributed by atoms with van der Waals surface area (Å²) in [5, 5.41) is 30.0. The molecule has 3 nitrogen and oxygen atoms in total. The third-order valence-electron chi connectivity index (χ3n) is 11.4. The van der Waals surface area contributed by atoms with Crippen LogP contribution in [0.5, 0.6) is 0 Å². The summed E-state index contributed by atoms with van der Waals surface area (Å²) in [5.41, 5.74) is 0.923. The lowest BCUT2D eigenvalue weighted by molar-refractivity contribution is -0.129. The Labute approximate surface area is 191 Å². The maximum absolute atomic E-state index is 10.5. The highest BCUT2D eigenvalue weighted by Gasteiger charge is 2.60. The van der Waals surface area contributed by atoms with Gasteiger partial charge in [-0.3, -0.25) is 0 Å². The number of rotatable bonds is 6. The summed E-state index contributed by atoms with van der Waals surface area (Å²) < 4.78 is 0. The first kappa shape index (κ1) is 23.6. The van der Waals surface area contributed by atoms with Gasteiger partial charge in [0.05, 0.1) is 24.2 Å². The number of nitrogens with zero attached hydrogens (tertiary/aromatic N) is 1. The molecular formula is C28H47NO2. The third kappa shape index (κ3) is 3.99. The Hall–Kier alpha value is -0.590. The Kier molecular flexibility index (Phi) is 6.83. The van der Waals surface area contributed by atoms with Crippen LogP contribution in [0.2, 0.25) is 0 Å². The predicted molar refractivity (Wildman–Crippen MR) is 125 cm³/mol. The number of hydrogen-bond acceptors (Lipinski definition) is 3. The Bertz CT molecular complexity index is 672. The molecule has 0 heterocycles. The van der Waals surface area contributed by atoms with Crippen molar-refractivity contribution in [3.05, 3.63) is 0 Å². The van der Waals surface area contributed by atoms with Crippen molar-refractivity contribution < 1.29 is 10.2 Å². The lowest BCUT2D eigenvalue weighted by Crippen LogP contribution is -2.54. The average molecular weight is 430 g/mol. The van der Waals surface area contributed by atoms with Crippen LogP contribution >= 0.6 is 0 Å². The maximum atomic E-state index is 10.5. The zero-order valence-corrected chi connectivity index (χ0v) is 20.5. The van der Waals surface area contributed by atoms with Crippen molar-refractivity contribution in [2.24, 2.45) is 52.3 Å². The highest BCUT2D eigenvalue weighted by Crippen LogP contribution is 2.68. The van der Waals surface area contributed by atoms with Gasteiger partial charge in [-0.05, 0) is 123 Å². The molecule has 4 aliphatic carbocycles. The second kappa shape index (κ2) is 8.98. The van der Waals surface area contributed by atoms with Gasteiger partial charge in [0.25, 0.3) is 0 Å². The van der Waals surface area contributed by atoms with Crippen LogP contribution in [-0.4, -0.2) is 22.4 Å². The van der Waals surface area contributed by atoms with Gasteiger partial charge in [0, 0.05) is 0 Å². The zero-order valence-electron chi connectivity index (χ0n) is 20.5. The lowest BCUT2D eigenvalue weighted by Gasteiger charge is -2.61. The van der Waals surface area contributed by atoms with Crippen molar-refractivity contribution in [2.75, 3.05) is 0 Å². The van der Waals surface area contributed by atoms with Crippen molar-refractivity contribution in [1.82, 2.24) is 0 Å². The molecule has 4 fully saturated rings. The Morgan fingerprint density at radius 1 is 0.968 bits per heavy atom. The summed E-state index contributed by atoms with van der Waals surface area (Å²) in [6, 6.07) is 2.29. The molecule has 31 heavy (non-hydrogen) atoms. The monoisotopic (exact) mass is 429 g/mol. The first-order valence-corrected chi connectivity index (χ1v) is 13.5. The van der Waals surface area contributed by atoms with E-state index in [0.717, 1.165) is 61.7 Å². The van der Waals surface area contributed by atoms with Crippen molar-refractivity contribution in [3.8, 4) is 6.07 Å². The summed E-state index contributed by atoms with van der Waals surface area (Å²) in [6.45, 7) is 9.62. The van der Waals surface area contributed by atoms with Crippen LogP contribution in [-0.2, 0) is 0 Å². The zero-order chi connectivity index (χ0) is 22.4. The standard InChI is InChI=1S/C28H47NO2/c1-5-19(17-29)26(31)11-6-18(2)23-9-10-24-22-8-7-20-16-21(30)12-14-27(20,3)25(22)13-15-28(23,24)4/h18-26,30-31H,5-16H2,1-4H3. The smallest absolute Gasteiger partial charge is 0.0720 e. The summed E-state index contributed by atoms with van der Waals surface area (Å²) in [6.07, 6.45) is 13.6. The molecule has 3 heteroatoms. The normalized spacial score (nSPS) is 47.4. The van der Waals surface area contributed by atoms with Crippen molar-refractivity contribution in [1.29, 1.82) is 5.26 Å². The topological polar surface area (TPSA) is 64.2 Å². The van der Waals surface area contributed by atoms with E-state index in [1.54, 1.807) is 0 Å². The van der Waals surface area contributed by atoms with Gasteiger partial charge in [-0.25, -0.2) is 0 Å². The van der Waals surface area contributed by atoms with Gasteiger partial charge >= 0.3 is 0 Å². The molecule has 0 saturated heterocycles. The molecule has 11 atom stereocenters. The van der Waals surface area contributed by atoms with Gasteiger partial charge in [-0.2, -0.15) is 5.26 Å². The second-order valence-electron chi connectivity index (χ2n) is 12.6. The quantitative estimate of drug-likeness (QED) is 0.518. The van der Waals surface area contributed by atoms with Crippen molar-refractivity contribution in [3.63, 3.8) is 0 Å². The minimum absolute atomic E-state index is 0.0520. The Morgan fingerprint density at radius 2 is 1.68 bits per heavy atom. The minimum atomic E-state index is -0.463. The van der Waals surface area contributed by atoms with Gasteiger partial charge in [-0.1, -0.05) is 27.7 Å². The second-order valence-corrected chi connectivity index (χ2v) is 12.6. The van der Waals surface area contributed by atoms with E-state index in [0.29, 0.717) is 16.7 Å². The van der Waals surface area contributed by atoms with E-state index in [-0.39, 0.29) is 12.0 Å². The molecule has 4 rings (SSSR count). The van der Waals surface area contributed by atoms with E-state index < -0.39 is 6.10 Å². The largest absolute Gasteiger partial charge is 0.393 e. The molecule has 0 aromatic rings. The lowest BCUT2D eigenvalue weighted by atomic mass is 9.44. The van der Waals surface area contributed by atoms with Crippen LogP contribution in [0.3, 0.4) is 0 Å². The summed E-state index contributed by atoms with van der Waals surface area (Å²) in [4.78, 5) is 0. The Morgan fingerprint density at radius 3 is 2.39 bits per heavy atom. The van der Waals surface area contributed by atoms with Crippen LogP contribution in [0.15, 0.2) is 0 Å². The van der Waals surface area contributed by atoms with Crippen molar-refractivity contribution >= 4 is 0 Å². The molecule has 0 bridgehead atoms. The predicted octanol–water partition coefficient (Wildman–Crippen LogP) is 6.33. The number of aliphatic hydroxyl groups is 2. The minimum Gasteiger partial charge on any atom is -0.393 e. The SMILES string of the molecule is CCC(C#N)C(O)CCC(C)C1CCC2C3CCC4CC(O)CCC4(C)C3CCC12C. The van der Waals surface area contributed by atoms with E-state index in [4.69, 9.17) is 0 Å². The number of fused-ring (bicyclic) bond motifs is 5. The first-order chi connectivity index (χ1) is 14.7. The van der Waals surface area contributed by atoms with Crippen LogP contribution in [0.1, 0.15) is 105 Å². The fourth-order valence-electron chi connectivity index (χ4n) is 9.50. The maximum Gasteiger partial charge on any atom is 0.0720 e. The van der Waals surface area contributed by atoms with Crippen LogP contribution in [0.4, 0.5) is 0 Å². The summed E-state index contributed by atoms with van der Waals surface area (Å²) in [7, 11) is 0. The van der Waals surface area contributed by atoms with E-state index in [2.05, 4.69) is 26.8 Å². The fourth-order valence-corrected chi connectivity index (χ4v) is 9.50. The molecule has 0 aliphatic heterocycles. The van der Waals surface area contributed by atoms with Gasteiger partial charge < -0.3 is 10.2 Å². The van der Waals surface area contributed by atoms with Gasteiger partial charge in [0.1, 0.15) is 0 Å². The van der Waals surface area contributed by atoms with Gasteiger partial charge in [-0.15, -0.1) is 0 Å². The van der Waals surface area contributed by atoms with E-state index in [1.807, 2.05) is 6.92 Å². The summed E-state index contributed by atoms with van der Waals surface area (Å²) >= 11 is 0. The van der Waals surface area contributed by atoms with Crippen LogP contribution < -0.4 is 0 Å². The molecule has 2 N–H and O–H groups in total. The first-order valence-electron chi connectivity index (χ1n) is 13.5. The summed E-state index contributed by atoms with van der Waals surface area (Å²) in [5.74, 6) is 4.57. The Balaban J connectivity index is 1.43. The molecule has 176 valence electrons. The molecule has 0 radical (unpaired) electrons. The molecule has 0 amide bonds. The number of aliphatic hydroxyl groups excluding tert-OH is 2. The van der Waals surface area contributed by atoms with Gasteiger partial charge in [0.2, 0.25) is 0 Å². The highest BCUT2D eigenvalue weighted by atomic mass is 16.3. The fraction of sp³-hybridized carbons (Fsp3) is 0.964. The highest BCUT2D eigenvalue weighted by molar-refractivity contribution is 5.09. The van der Waals surface area contributed by atoms with Crippen molar-refractivity contribution in [2.45, 2.75) is 117 Å². The van der Waals surface area contributed by atoms with E-state index >= 15 is 0 Å². The van der Waals surface area contributed by atoms with E-state index in [1.165, 1.54) is 44.9 Å². The molecule has 11 unspecified atom stereocenters. The molecule has 0 aromatic heterocycles. The van der Waals surface area contributed by atoms with Crippen LogP contribution in [0, 0.1) is 63.6 Å². The van der Waals surface area contributed by atoms with Crippen LogP contribution in [0.25, 0.3) is 0 Å². The molecular weight excluding hydrogens is 382 g/mol. The molecule has 4 aliphatic rings. The number of hydrogen-bond donors (Lipinski definition) is 2. The average Bonchev–Trinajstić information content (AvgIpc) is 3.10. The molecule has 4 saturated carbocycles.